The summed E-state index contributed by atoms with van der Waals surface area (Å²) >= 11 is 0. The number of aliphatic hydroxyl groups is 1. The van der Waals surface area contributed by atoms with E-state index in [4.69, 9.17) is 9.84 Å². The lowest BCUT2D eigenvalue weighted by Gasteiger charge is -2.21. The molecule has 0 heterocycles. The van der Waals surface area contributed by atoms with Gasteiger partial charge in [-0.3, -0.25) is 4.79 Å². The Kier molecular flexibility index (Phi) is 6.93. The molecular weight excluding hydrogens is 268 g/mol. The summed E-state index contributed by atoms with van der Waals surface area (Å²) in [5, 5.41) is 8.83. The summed E-state index contributed by atoms with van der Waals surface area (Å²) in [5.41, 5.74) is 0.294. The van der Waals surface area contributed by atoms with E-state index in [1.807, 2.05) is 6.92 Å². The molecule has 4 nitrogen and oxygen atoms in total. The average Bonchev–Trinajstić information content (AvgIpc) is 2.44. The van der Waals surface area contributed by atoms with Crippen LogP contribution >= 0.6 is 0 Å². The normalized spacial score (nSPS) is 10.7. The van der Waals surface area contributed by atoms with E-state index in [1.54, 1.807) is 12.1 Å². The number of ether oxygens (including phenoxy) is 1. The van der Waals surface area contributed by atoms with Crippen molar-refractivity contribution in [1.29, 1.82) is 0 Å². The number of carbonyl (C=O) groups is 1. The van der Waals surface area contributed by atoms with Gasteiger partial charge in [-0.25, -0.2) is 8.78 Å². The minimum absolute atomic E-state index is 0.114. The molecule has 20 heavy (non-hydrogen) atoms. The van der Waals surface area contributed by atoms with E-state index in [2.05, 4.69) is 0 Å². The van der Waals surface area contributed by atoms with Crippen molar-refractivity contribution in [2.24, 2.45) is 0 Å². The minimum atomic E-state index is -2.63. The molecule has 0 aliphatic heterocycles. The number of alkyl halides is 2. The van der Waals surface area contributed by atoms with Crippen LogP contribution in [0, 0.1) is 0 Å². The molecule has 0 saturated heterocycles. The first kappa shape index (κ1) is 16.4. The molecule has 0 bridgehead atoms. The van der Waals surface area contributed by atoms with E-state index < -0.39 is 18.9 Å². The maximum Gasteiger partial charge on any atom is 0.255 e. The van der Waals surface area contributed by atoms with Gasteiger partial charge >= 0.3 is 0 Å². The summed E-state index contributed by atoms with van der Waals surface area (Å²) in [6, 6.07) is 6.32. The first-order valence-electron chi connectivity index (χ1n) is 6.49. The molecule has 0 aromatic heterocycles. The van der Waals surface area contributed by atoms with Gasteiger partial charge in [0.25, 0.3) is 12.3 Å². The Bertz CT molecular complexity index is 409. The number of carbonyl (C=O) groups excluding carboxylic acids is 1. The summed E-state index contributed by atoms with van der Waals surface area (Å²) < 4.78 is 30.2. The van der Waals surface area contributed by atoms with Crippen LogP contribution in [-0.4, -0.2) is 48.6 Å². The van der Waals surface area contributed by atoms with Crippen molar-refractivity contribution in [1.82, 2.24) is 4.90 Å². The second-order valence-corrected chi connectivity index (χ2v) is 4.24. The van der Waals surface area contributed by atoms with Crippen LogP contribution < -0.4 is 4.74 Å². The topological polar surface area (TPSA) is 49.8 Å². The summed E-state index contributed by atoms with van der Waals surface area (Å²) in [6.07, 6.45) is -1.75. The zero-order valence-corrected chi connectivity index (χ0v) is 11.4. The maximum absolute atomic E-state index is 12.4. The van der Waals surface area contributed by atoms with Crippen LogP contribution in [0.15, 0.2) is 24.3 Å². The predicted octanol–water partition coefficient (Wildman–Crippen LogP) is 2.17. The lowest BCUT2D eigenvalue weighted by atomic mass is 10.2. The van der Waals surface area contributed by atoms with E-state index in [9.17, 15) is 13.6 Å². The van der Waals surface area contributed by atoms with Crippen molar-refractivity contribution in [3.05, 3.63) is 29.8 Å². The van der Waals surface area contributed by atoms with Crippen LogP contribution in [0.4, 0.5) is 8.78 Å². The molecule has 0 aliphatic carbocycles. The highest BCUT2D eigenvalue weighted by Gasteiger charge is 2.19. The first-order valence-corrected chi connectivity index (χ1v) is 6.49. The van der Waals surface area contributed by atoms with Crippen molar-refractivity contribution in [3.8, 4) is 5.75 Å². The molecule has 1 N–H and O–H groups in total. The third kappa shape index (κ3) is 5.13. The number of amides is 1. The molecule has 112 valence electrons. The Balaban J connectivity index is 2.73. The van der Waals surface area contributed by atoms with Crippen LogP contribution in [0.2, 0.25) is 0 Å². The summed E-state index contributed by atoms with van der Waals surface area (Å²) in [5.74, 6) is 0.104. The Labute approximate surface area is 117 Å². The zero-order valence-electron chi connectivity index (χ0n) is 11.4. The van der Waals surface area contributed by atoms with Gasteiger partial charge in [0.1, 0.15) is 5.75 Å². The third-order valence-corrected chi connectivity index (χ3v) is 2.59. The lowest BCUT2D eigenvalue weighted by molar-refractivity contribution is 0.0509. The molecule has 0 saturated carbocycles. The predicted molar refractivity (Wildman–Crippen MR) is 71.2 cm³/mol. The summed E-state index contributed by atoms with van der Waals surface area (Å²) in [7, 11) is 0. The van der Waals surface area contributed by atoms with Gasteiger partial charge in [0.15, 0.2) is 0 Å². The zero-order chi connectivity index (χ0) is 15.0. The van der Waals surface area contributed by atoms with E-state index >= 15 is 0 Å². The van der Waals surface area contributed by atoms with Crippen molar-refractivity contribution in [2.75, 3.05) is 26.3 Å². The Hall–Kier alpha value is -1.69. The standard InChI is InChI=1S/C14H19F2NO3/c1-2-9-20-12-5-3-11(4-6-12)14(19)17(7-8-18)10-13(15)16/h3-6,13,18H,2,7-10H2,1H3. The molecule has 0 fully saturated rings. The minimum Gasteiger partial charge on any atom is -0.494 e. The highest BCUT2D eigenvalue weighted by atomic mass is 19.3. The van der Waals surface area contributed by atoms with Gasteiger partial charge in [-0.05, 0) is 30.7 Å². The smallest absolute Gasteiger partial charge is 0.255 e. The molecule has 6 heteroatoms. The van der Waals surface area contributed by atoms with Crippen LogP contribution in [0.5, 0.6) is 5.75 Å². The number of aliphatic hydroxyl groups excluding tert-OH is 1. The molecular formula is C14H19F2NO3. The van der Waals surface area contributed by atoms with Crippen LogP contribution in [0.1, 0.15) is 23.7 Å². The van der Waals surface area contributed by atoms with E-state index in [1.165, 1.54) is 12.1 Å². The first-order chi connectivity index (χ1) is 9.58. The quantitative estimate of drug-likeness (QED) is 0.797. The second-order valence-electron chi connectivity index (χ2n) is 4.24. The molecule has 0 aliphatic rings. The Morgan fingerprint density at radius 2 is 2.00 bits per heavy atom. The average molecular weight is 287 g/mol. The molecule has 1 rings (SSSR count). The van der Waals surface area contributed by atoms with Gasteiger partial charge in [-0.15, -0.1) is 0 Å². The lowest BCUT2D eigenvalue weighted by Crippen LogP contribution is -2.37. The van der Waals surface area contributed by atoms with Crippen molar-refractivity contribution < 1.29 is 23.4 Å². The molecule has 0 unspecified atom stereocenters. The van der Waals surface area contributed by atoms with E-state index in [-0.39, 0.29) is 13.2 Å². The number of hydrogen-bond donors (Lipinski definition) is 1. The fraction of sp³-hybridized carbons (Fsp3) is 0.500. The fourth-order valence-corrected chi connectivity index (χ4v) is 1.66. The molecule has 1 aromatic rings. The Morgan fingerprint density at radius 3 is 2.50 bits per heavy atom. The number of halogens is 2. The van der Waals surface area contributed by atoms with Gasteiger partial charge in [0, 0.05) is 12.1 Å². The SMILES string of the molecule is CCCOc1ccc(C(=O)N(CCO)CC(F)F)cc1. The van der Waals surface area contributed by atoms with Crippen molar-refractivity contribution >= 4 is 5.91 Å². The van der Waals surface area contributed by atoms with E-state index in [0.717, 1.165) is 11.3 Å². The van der Waals surface area contributed by atoms with Gasteiger partial charge in [0.2, 0.25) is 0 Å². The fourth-order valence-electron chi connectivity index (χ4n) is 1.66. The maximum atomic E-state index is 12.4. The number of rotatable bonds is 8. The third-order valence-electron chi connectivity index (χ3n) is 2.59. The highest BCUT2D eigenvalue weighted by molar-refractivity contribution is 5.94. The number of hydrogen-bond acceptors (Lipinski definition) is 3. The number of benzene rings is 1. The van der Waals surface area contributed by atoms with Crippen molar-refractivity contribution in [2.45, 2.75) is 19.8 Å². The molecule has 0 atom stereocenters. The molecule has 0 spiro atoms. The van der Waals surface area contributed by atoms with Gasteiger partial charge in [-0.2, -0.15) is 0 Å². The summed E-state index contributed by atoms with van der Waals surface area (Å²) in [6.45, 7) is 1.41. The van der Waals surface area contributed by atoms with Gasteiger partial charge in [-0.1, -0.05) is 6.92 Å². The Morgan fingerprint density at radius 1 is 1.35 bits per heavy atom. The van der Waals surface area contributed by atoms with Crippen LogP contribution in [-0.2, 0) is 0 Å². The van der Waals surface area contributed by atoms with Gasteiger partial charge < -0.3 is 14.7 Å². The van der Waals surface area contributed by atoms with Gasteiger partial charge in [0.05, 0.1) is 19.8 Å². The van der Waals surface area contributed by atoms with E-state index in [0.29, 0.717) is 17.9 Å². The second kappa shape index (κ2) is 8.47. The van der Waals surface area contributed by atoms with Crippen LogP contribution in [0.3, 0.4) is 0 Å². The molecule has 1 amide bonds. The van der Waals surface area contributed by atoms with Crippen LogP contribution in [0.25, 0.3) is 0 Å². The van der Waals surface area contributed by atoms with Crippen molar-refractivity contribution in [3.63, 3.8) is 0 Å². The summed E-state index contributed by atoms with van der Waals surface area (Å²) in [4.78, 5) is 13.0. The molecule has 1 aromatic carbocycles. The molecule has 0 radical (unpaired) electrons. The highest BCUT2D eigenvalue weighted by Crippen LogP contribution is 2.14. The monoisotopic (exact) mass is 287 g/mol. The largest absolute Gasteiger partial charge is 0.494 e. The number of nitrogens with zero attached hydrogens (tertiary/aromatic N) is 1.